The van der Waals surface area contributed by atoms with Gasteiger partial charge in [0.2, 0.25) is 10.0 Å². The van der Waals surface area contributed by atoms with Crippen molar-refractivity contribution in [3.63, 3.8) is 0 Å². The summed E-state index contributed by atoms with van der Waals surface area (Å²) in [4.78, 5) is -0.598. The molecule has 0 unspecified atom stereocenters. The van der Waals surface area contributed by atoms with Crippen molar-refractivity contribution in [3.8, 4) is 0 Å². The van der Waals surface area contributed by atoms with E-state index in [0.717, 1.165) is 12.1 Å². The van der Waals surface area contributed by atoms with Crippen LogP contribution in [0, 0.1) is 5.82 Å². The second-order valence-corrected chi connectivity index (χ2v) is 6.80. The molecule has 3 N–H and O–H groups in total. The Morgan fingerprint density at radius 1 is 1.19 bits per heavy atom. The molecule has 0 aromatic heterocycles. The van der Waals surface area contributed by atoms with Gasteiger partial charge in [-0.25, -0.2) is 17.5 Å². The summed E-state index contributed by atoms with van der Waals surface area (Å²) in [6.07, 6.45) is 0. The summed E-state index contributed by atoms with van der Waals surface area (Å²) >= 11 is 11.6. The highest BCUT2D eigenvalue weighted by Gasteiger charge is 2.21. The first-order chi connectivity index (χ1) is 9.81. The SMILES string of the molecule is Nc1cc(Cl)cc(S(=O)(=O)NCc2ccccc2Cl)c1F. The zero-order valence-electron chi connectivity index (χ0n) is 10.6. The molecule has 21 heavy (non-hydrogen) atoms. The monoisotopic (exact) mass is 348 g/mol. The highest BCUT2D eigenvalue weighted by molar-refractivity contribution is 7.89. The molecule has 112 valence electrons. The van der Waals surface area contributed by atoms with Crippen LogP contribution in [0.2, 0.25) is 10.0 Å². The first-order valence-corrected chi connectivity index (χ1v) is 8.03. The molecule has 0 amide bonds. The van der Waals surface area contributed by atoms with Crippen molar-refractivity contribution < 1.29 is 12.8 Å². The molecule has 2 aromatic rings. The predicted octanol–water partition coefficient (Wildman–Crippen LogP) is 3.19. The summed E-state index contributed by atoms with van der Waals surface area (Å²) in [7, 11) is -4.10. The zero-order valence-corrected chi connectivity index (χ0v) is 12.9. The summed E-state index contributed by atoms with van der Waals surface area (Å²) in [6, 6.07) is 8.87. The maximum Gasteiger partial charge on any atom is 0.243 e. The number of halogens is 3. The number of anilines is 1. The maximum absolute atomic E-state index is 13.9. The summed E-state index contributed by atoms with van der Waals surface area (Å²) in [5, 5.41) is 0.443. The highest BCUT2D eigenvalue weighted by atomic mass is 35.5. The Labute approximate surface area is 131 Å². The molecule has 0 heterocycles. The quantitative estimate of drug-likeness (QED) is 0.833. The Hall–Kier alpha value is -1.34. The summed E-state index contributed by atoms with van der Waals surface area (Å²) in [5.74, 6) is -1.04. The van der Waals surface area contributed by atoms with Gasteiger partial charge < -0.3 is 5.73 Å². The van der Waals surface area contributed by atoms with Crippen molar-refractivity contribution in [1.29, 1.82) is 0 Å². The number of benzene rings is 2. The number of nitrogen functional groups attached to an aromatic ring is 1. The Morgan fingerprint density at radius 3 is 2.52 bits per heavy atom. The Morgan fingerprint density at radius 2 is 1.86 bits per heavy atom. The first-order valence-electron chi connectivity index (χ1n) is 5.79. The number of hydrogen-bond donors (Lipinski definition) is 2. The van der Waals surface area contributed by atoms with Crippen LogP contribution in [-0.2, 0) is 16.6 Å². The summed E-state index contributed by atoms with van der Waals surface area (Å²) in [6.45, 7) is -0.0755. The van der Waals surface area contributed by atoms with Crippen molar-refractivity contribution in [1.82, 2.24) is 4.72 Å². The molecule has 0 saturated heterocycles. The van der Waals surface area contributed by atoms with Gasteiger partial charge in [0.25, 0.3) is 0 Å². The second-order valence-electron chi connectivity index (χ2n) is 4.22. The van der Waals surface area contributed by atoms with Crippen LogP contribution in [0.3, 0.4) is 0 Å². The molecule has 0 radical (unpaired) electrons. The van der Waals surface area contributed by atoms with Crippen molar-refractivity contribution >= 4 is 38.9 Å². The number of nitrogens with two attached hydrogens (primary N) is 1. The van der Waals surface area contributed by atoms with Crippen LogP contribution in [0.4, 0.5) is 10.1 Å². The van der Waals surface area contributed by atoms with Gasteiger partial charge in [-0.2, -0.15) is 0 Å². The van der Waals surface area contributed by atoms with Crippen LogP contribution in [0.25, 0.3) is 0 Å². The molecule has 0 aliphatic rings. The lowest BCUT2D eigenvalue weighted by Gasteiger charge is -2.10. The largest absolute Gasteiger partial charge is 0.396 e. The zero-order chi connectivity index (χ0) is 15.6. The minimum Gasteiger partial charge on any atom is -0.396 e. The van der Waals surface area contributed by atoms with Gasteiger partial charge in [-0.1, -0.05) is 41.4 Å². The molecule has 0 spiro atoms. The van der Waals surface area contributed by atoms with E-state index in [1.54, 1.807) is 24.3 Å². The summed E-state index contributed by atoms with van der Waals surface area (Å²) in [5.41, 5.74) is 5.61. The van der Waals surface area contributed by atoms with Gasteiger partial charge >= 0.3 is 0 Å². The van der Waals surface area contributed by atoms with E-state index in [0.29, 0.717) is 10.6 Å². The first kappa shape index (κ1) is 16.0. The summed E-state index contributed by atoms with van der Waals surface area (Å²) < 4.78 is 40.4. The van der Waals surface area contributed by atoms with Crippen LogP contribution >= 0.6 is 23.2 Å². The van der Waals surface area contributed by atoms with Crippen molar-refractivity contribution in [3.05, 3.63) is 57.8 Å². The number of hydrogen-bond acceptors (Lipinski definition) is 3. The molecular weight excluding hydrogens is 338 g/mol. The molecular formula is C13H11Cl2FN2O2S. The van der Waals surface area contributed by atoms with Crippen LogP contribution < -0.4 is 10.5 Å². The third-order valence-corrected chi connectivity index (χ3v) is 4.72. The van der Waals surface area contributed by atoms with E-state index in [1.165, 1.54) is 0 Å². The fourth-order valence-corrected chi connectivity index (χ4v) is 3.30. The molecule has 0 aliphatic carbocycles. The highest BCUT2D eigenvalue weighted by Crippen LogP contribution is 2.25. The minimum atomic E-state index is -4.10. The van der Waals surface area contributed by atoms with E-state index < -0.39 is 20.7 Å². The van der Waals surface area contributed by atoms with Crippen LogP contribution in [0.1, 0.15) is 5.56 Å². The third kappa shape index (κ3) is 3.65. The lowest BCUT2D eigenvalue weighted by Crippen LogP contribution is -2.24. The predicted molar refractivity (Wildman–Crippen MR) is 81.3 cm³/mol. The van der Waals surface area contributed by atoms with Gasteiger partial charge in [-0.3, -0.25) is 0 Å². The smallest absolute Gasteiger partial charge is 0.243 e. The molecule has 0 saturated carbocycles. The van der Waals surface area contributed by atoms with Gasteiger partial charge in [-0.05, 0) is 23.8 Å². The lowest BCUT2D eigenvalue weighted by atomic mass is 10.2. The van der Waals surface area contributed by atoms with Gasteiger partial charge in [0.15, 0.2) is 5.82 Å². The van der Waals surface area contributed by atoms with Crippen molar-refractivity contribution in [2.24, 2.45) is 0 Å². The van der Waals surface area contributed by atoms with Crippen LogP contribution in [0.15, 0.2) is 41.3 Å². The van der Waals surface area contributed by atoms with Gasteiger partial charge in [-0.15, -0.1) is 0 Å². The number of nitrogens with one attached hydrogen (secondary N) is 1. The van der Waals surface area contributed by atoms with E-state index in [1.807, 2.05) is 0 Å². The molecule has 0 fully saturated rings. The normalized spacial score (nSPS) is 11.6. The molecule has 0 aliphatic heterocycles. The fraction of sp³-hybridized carbons (Fsp3) is 0.0769. The lowest BCUT2D eigenvalue weighted by molar-refractivity contribution is 0.558. The topological polar surface area (TPSA) is 72.2 Å². The second kappa shape index (κ2) is 6.19. The average Bonchev–Trinajstić information content (AvgIpc) is 2.42. The van der Waals surface area contributed by atoms with Crippen LogP contribution in [0.5, 0.6) is 0 Å². The molecule has 8 heteroatoms. The minimum absolute atomic E-state index is 0.0343. The van der Waals surface area contributed by atoms with Crippen LogP contribution in [-0.4, -0.2) is 8.42 Å². The van der Waals surface area contributed by atoms with Gasteiger partial charge in [0.05, 0.1) is 5.69 Å². The van der Waals surface area contributed by atoms with E-state index in [4.69, 9.17) is 28.9 Å². The standard InChI is InChI=1S/C13H11Cl2FN2O2S/c14-9-5-11(17)13(16)12(6-9)21(19,20)18-7-8-3-1-2-4-10(8)15/h1-6,18H,7,17H2. The van der Waals surface area contributed by atoms with E-state index in [-0.39, 0.29) is 17.3 Å². The molecule has 2 aromatic carbocycles. The van der Waals surface area contributed by atoms with E-state index in [9.17, 15) is 12.8 Å². The Bertz CT molecular complexity index is 782. The molecule has 4 nitrogen and oxygen atoms in total. The maximum atomic E-state index is 13.9. The fourth-order valence-electron chi connectivity index (χ4n) is 1.67. The molecule has 0 bridgehead atoms. The van der Waals surface area contributed by atoms with Crippen molar-refractivity contribution in [2.75, 3.05) is 5.73 Å². The Balaban J connectivity index is 2.30. The Kier molecular flexibility index (Phi) is 4.73. The van der Waals surface area contributed by atoms with Crippen molar-refractivity contribution in [2.45, 2.75) is 11.4 Å². The van der Waals surface area contributed by atoms with Gasteiger partial charge in [0, 0.05) is 16.6 Å². The molecule has 0 atom stereocenters. The van der Waals surface area contributed by atoms with E-state index in [2.05, 4.69) is 4.72 Å². The number of sulfonamides is 1. The number of rotatable bonds is 4. The van der Waals surface area contributed by atoms with Gasteiger partial charge in [0.1, 0.15) is 4.90 Å². The third-order valence-electron chi connectivity index (χ3n) is 2.73. The molecule has 2 rings (SSSR count). The van der Waals surface area contributed by atoms with E-state index >= 15 is 0 Å². The average molecular weight is 349 g/mol.